The molecule has 0 saturated heterocycles. The molecule has 1 heterocycles. The summed E-state index contributed by atoms with van der Waals surface area (Å²) in [6, 6.07) is 9.45. The fourth-order valence-corrected chi connectivity index (χ4v) is 1.47. The van der Waals surface area contributed by atoms with E-state index in [2.05, 4.69) is 16.4 Å². The molecule has 5 heteroatoms. The Morgan fingerprint density at radius 1 is 1.38 bits per heavy atom. The van der Waals surface area contributed by atoms with Gasteiger partial charge in [-0.15, -0.1) is 5.10 Å². The van der Waals surface area contributed by atoms with Crippen LogP contribution in [0.2, 0.25) is 0 Å². The van der Waals surface area contributed by atoms with Crippen molar-refractivity contribution in [2.45, 2.75) is 6.54 Å². The van der Waals surface area contributed by atoms with Gasteiger partial charge in [0.15, 0.2) is 0 Å². The first kappa shape index (κ1) is 10.3. The molecule has 2 rings (SSSR count). The quantitative estimate of drug-likeness (QED) is 0.816. The van der Waals surface area contributed by atoms with E-state index in [0.717, 1.165) is 5.56 Å². The van der Waals surface area contributed by atoms with Crippen molar-refractivity contribution in [2.24, 2.45) is 5.73 Å². The van der Waals surface area contributed by atoms with E-state index in [1.165, 1.54) is 0 Å². The first-order valence-corrected chi connectivity index (χ1v) is 4.95. The molecule has 1 aromatic heterocycles. The van der Waals surface area contributed by atoms with Gasteiger partial charge in [0, 0.05) is 12.1 Å². The molecule has 0 amide bonds. The average molecular weight is 213 g/mol. The minimum atomic E-state index is 0.517. The molecule has 0 aliphatic heterocycles. The van der Waals surface area contributed by atoms with E-state index >= 15 is 0 Å². The second-order valence-corrected chi connectivity index (χ2v) is 3.31. The van der Waals surface area contributed by atoms with Crippen LogP contribution in [0, 0.1) is 11.3 Å². The third kappa shape index (κ3) is 1.92. The molecule has 0 bridgehead atoms. The smallest absolute Gasteiger partial charge is 0.114 e. The van der Waals surface area contributed by atoms with Gasteiger partial charge in [-0.1, -0.05) is 23.4 Å². The van der Waals surface area contributed by atoms with Crippen LogP contribution in [0.1, 0.15) is 5.56 Å². The number of nitrogens with two attached hydrogens (primary N) is 1. The van der Waals surface area contributed by atoms with Gasteiger partial charge in [-0.2, -0.15) is 5.26 Å². The minimum absolute atomic E-state index is 0.517. The normalized spacial score (nSPS) is 10.0. The molecule has 2 aromatic rings. The SMILES string of the molecule is N#Cc1ccccc1-c1cn(CCN)nn1. The van der Waals surface area contributed by atoms with Crippen LogP contribution in [-0.2, 0) is 6.54 Å². The number of hydrogen-bond acceptors (Lipinski definition) is 4. The summed E-state index contributed by atoms with van der Waals surface area (Å²) in [4.78, 5) is 0. The minimum Gasteiger partial charge on any atom is -0.329 e. The molecule has 0 radical (unpaired) electrons. The number of nitriles is 1. The molecule has 0 fully saturated rings. The Morgan fingerprint density at radius 3 is 2.94 bits per heavy atom. The molecular weight excluding hydrogens is 202 g/mol. The molecule has 5 nitrogen and oxygen atoms in total. The van der Waals surface area contributed by atoms with Gasteiger partial charge in [-0.3, -0.25) is 4.68 Å². The highest BCUT2D eigenvalue weighted by Gasteiger charge is 2.07. The summed E-state index contributed by atoms with van der Waals surface area (Å²) >= 11 is 0. The van der Waals surface area contributed by atoms with Gasteiger partial charge in [-0.05, 0) is 6.07 Å². The maximum absolute atomic E-state index is 8.96. The number of aromatic nitrogens is 3. The van der Waals surface area contributed by atoms with Crippen LogP contribution in [0.4, 0.5) is 0 Å². The lowest BCUT2D eigenvalue weighted by Crippen LogP contribution is -2.10. The molecule has 0 atom stereocenters. The van der Waals surface area contributed by atoms with Crippen molar-refractivity contribution >= 4 is 0 Å². The molecule has 0 spiro atoms. The van der Waals surface area contributed by atoms with E-state index < -0.39 is 0 Å². The lowest BCUT2D eigenvalue weighted by atomic mass is 10.1. The van der Waals surface area contributed by atoms with Gasteiger partial charge in [-0.25, -0.2) is 0 Å². The number of nitrogens with zero attached hydrogens (tertiary/aromatic N) is 4. The molecule has 2 N–H and O–H groups in total. The Labute approximate surface area is 93.1 Å². The average Bonchev–Trinajstić information content (AvgIpc) is 2.78. The van der Waals surface area contributed by atoms with Crippen LogP contribution in [0.25, 0.3) is 11.3 Å². The summed E-state index contributed by atoms with van der Waals surface area (Å²) < 4.78 is 1.67. The van der Waals surface area contributed by atoms with E-state index in [0.29, 0.717) is 24.3 Å². The van der Waals surface area contributed by atoms with Gasteiger partial charge in [0.1, 0.15) is 5.69 Å². The van der Waals surface area contributed by atoms with Crippen LogP contribution in [0.15, 0.2) is 30.5 Å². The number of benzene rings is 1. The van der Waals surface area contributed by atoms with Crippen molar-refractivity contribution in [2.75, 3.05) is 6.54 Å². The number of rotatable bonds is 3. The van der Waals surface area contributed by atoms with Gasteiger partial charge in [0.25, 0.3) is 0 Å². The van der Waals surface area contributed by atoms with Crippen LogP contribution < -0.4 is 5.73 Å². The third-order valence-electron chi connectivity index (χ3n) is 2.22. The Balaban J connectivity index is 2.39. The molecular formula is C11H11N5. The van der Waals surface area contributed by atoms with Gasteiger partial charge in [0.2, 0.25) is 0 Å². The summed E-state index contributed by atoms with van der Waals surface area (Å²) in [5, 5.41) is 16.9. The van der Waals surface area contributed by atoms with Gasteiger partial charge >= 0.3 is 0 Å². The maximum Gasteiger partial charge on any atom is 0.114 e. The molecule has 16 heavy (non-hydrogen) atoms. The first-order valence-electron chi connectivity index (χ1n) is 4.95. The second-order valence-electron chi connectivity index (χ2n) is 3.31. The Morgan fingerprint density at radius 2 is 2.19 bits per heavy atom. The third-order valence-corrected chi connectivity index (χ3v) is 2.22. The predicted octanol–water partition coefficient (Wildman–Crippen LogP) is 0.775. The lowest BCUT2D eigenvalue weighted by Gasteiger charge is -1.97. The predicted molar refractivity (Wildman–Crippen MR) is 59.2 cm³/mol. The highest BCUT2D eigenvalue weighted by molar-refractivity contribution is 5.66. The highest BCUT2D eigenvalue weighted by atomic mass is 15.4. The molecule has 0 aliphatic rings. The summed E-state index contributed by atoms with van der Waals surface area (Å²) in [6.07, 6.45) is 1.79. The summed E-state index contributed by atoms with van der Waals surface area (Å²) in [5.74, 6) is 0. The zero-order valence-electron chi connectivity index (χ0n) is 8.67. The molecule has 0 unspecified atom stereocenters. The highest BCUT2D eigenvalue weighted by Crippen LogP contribution is 2.19. The number of hydrogen-bond donors (Lipinski definition) is 1. The van der Waals surface area contributed by atoms with E-state index in [1.807, 2.05) is 18.2 Å². The zero-order chi connectivity index (χ0) is 11.4. The summed E-state index contributed by atoms with van der Waals surface area (Å²) in [6.45, 7) is 1.14. The zero-order valence-corrected chi connectivity index (χ0v) is 8.67. The van der Waals surface area contributed by atoms with Crippen molar-refractivity contribution in [3.63, 3.8) is 0 Å². The van der Waals surface area contributed by atoms with Crippen molar-refractivity contribution in [3.8, 4) is 17.3 Å². The van der Waals surface area contributed by atoms with Gasteiger partial charge < -0.3 is 5.73 Å². The Hall–Kier alpha value is -2.19. The van der Waals surface area contributed by atoms with Crippen molar-refractivity contribution in [3.05, 3.63) is 36.0 Å². The Kier molecular flexibility index (Phi) is 2.94. The summed E-state index contributed by atoms with van der Waals surface area (Å²) in [5.41, 5.74) is 7.52. The lowest BCUT2D eigenvalue weighted by molar-refractivity contribution is 0.598. The molecule has 80 valence electrons. The topological polar surface area (TPSA) is 80.5 Å². The molecule has 0 aliphatic carbocycles. The fourth-order valence-electron chi connectivity index (χ4n) is 1.47. The van der Waals surface area contributed by atoms with Crippen molar-refractivity contribution in [1.29, 1.82) is 5.26 Å². The van der Waals surface area contributed by atoms with Crippen LogP contribution in [-0.4, -0.2) is 21.5 Å². The van der Waals surface area contributed by atoms with E-state index in [1.54, 1.807) is 16.9 Å². The standard InChI is InChI=1S/C11H11N5/c12-5-6-16-8-11(14-15-16)10-4-2-1-3-9(10)7-13/h1-4,8H,5-6,12H2. The van der Waals surface area contributed by atoms with Gasteiger partial charge in [0.05, 0.1) is 24.4 Å². The largest absolute Gasteiger partial charge is 0.329 e. The van der Waals surface area contributed by atoms with E-state index in [-0.39, 0.29) is 0 Å². The van der Waals surface area contributed by atoms with Crippen LogP contribution in [0.3, 0.4) is 0 Å². The monoisotopic (exact) mass is 213 g/mol. The molecule has 0 saturated carbocycles. The fraction of sp³-hybridized carbons (Fsp3) is 0.182. The molecule has 1 aromatic carbocycles. The summed E-state index contributed by atoms with van der Waals surface area (Å²) in [7, 11) is 0. The van der Waals surface area contributed by atoms with E-state index in [9.17, 15) is 0 Å². The van der Waals surface area contributed by atoms with E-state index in [4.69, 9.17) is 11.0 Å². The Bertz CT molecular complexity index is 523. The van der Waals surface area contributed by atoms with Crippen LogP contribution in [0.5, 0.6) is 0 Å². The van der Waals surface area contributed by atoms with Crippen LogP contribution >= 0.6 is 0 Å². The second kappa shape index (κ2) is 4.55. The van der Waals surface area contributed by atoms with Crippen molar-refractivity contribution < 1.29 is 0 Å². The maximum atomic E-state index is 8.96. The van der Waals surface area contributed by atoms with Crippen molar-refractivity contribution in [1.82, 2.24) is 15.0 Å². The first-order chi connectivity index (χ1) is 7.85.